The van der Waals surface area contributed by atoms with Crippen LogP contribution in [0.25, 0.3) is 10.9 Å². The van der Waals surface area contributed by atoms with E-state index in [0.717, 1.165) is 29.4 Å². The van der Waals surface area contributed by atoms with Crippen LogP contribution in [0.15, 0.2) is 54.7 Å². The molecule has 0 saturated heterocycles. The summed E-state index contributed by atoms with van der Waals surface area (Å²) in [5, 5.41) is 3.98. The number of aryl methyl sites for hydroxylation is 2. The van der Waals surface area contributed by atoms with Gasteiger partial charge >= 0.3 is 0 Å². The van der Waals surface area contributed by atoms with Gasteiger partial charge in [-0.05, 0) is 54.7 Å². The highest BCUT2D eigenvalue weighted by atomic mass is 16.1. The number of benzene rings is 2. The Morgan fingerprint density at radius 2 is 1.86 bits per heavy atom. The van der Waals surface area contributed by atoms with Gasteiger partial charge in [-0.2, -0.15) is 0 Å². The molecule has 0 radical (unpaired) electrons. The van der Waals surface area contributed by atoms with Gasteiger partial charge < -0.3 is 5.32 Å². The van der Waals surface area contributed by atoms with Gasteiger partial charge in [0.15, 0.2) is 0 Å². The Morgan fingerprint density at radius 3 is 2.82 bits per heavy atom. The zero-order valence-corrected chi connectivity index (χ0v) is 12.2. The lowest BCUT2D eigenvalue weighted by Crippen LogP contribution is -2.13. The van der Waals surface area contributed by atoms with Gasteiger partial charge in [0.1, 0.15) is 0 Å². The lowest BCUT2D eigenvalue weighted by Gasteiger charge is -2.09. The van der Waals surface area contributed by atoms with Crippen LogP contribution in [0.2, 0.25) is 0 Å². The predicted molar refractivity (Wildman–Crippen MR) is 88.2 cm³/mol. The van der Waals surface area contributed by atoms with E-state index in [-0.39, 0.29) is 5.91 Å². The Kier molecular flexibility index (Phi) is 3.11. The van der Waals surface area contributed by atoms with Crippen molar-refractivity contribution in [1.82, 2.24) is 4.98 Å². The summed E-state index contributed by atoms with van der Waals surface area (Å²) in [7, 11) is 0. The summed E-state index contributed by atoms with van der Waals surface area (Å²) in [4.78, 5) is 16.9. The molecule has 0 spiro atoms. The molecular weight excluding hydrogens is 272 g/mol. The van der Waals surface area contributed by atoms with Gasteiger partial charge in [-0.15, -0.1) is 0 Å². The number of nitrogens with zero attached hydrogens (tertiary/aromatic N) is 1. The summed E-state index contributed by atoms with van der Waals surface area (Å²) in [6.07, 6.45) is 5.18. The maximum Gasteiger partial charge on any atom is 0.257 e. The molecule has 0 atom stereocenters. The van der Waals surface area contributed by atoms with Crippen LogP contribution in [-0.4, -0.2) is 10.9 Å². The minimum absolute atomic E-state index is 0.109. The van der Waals surface area contributed by atoms with Crippen LogP contribution in [0.1, 0.15) is 27.9 Å². The lowest BCUT2D eigenvalue weighted by molar-refractivity contribution is 0.102. The van der Waals surface area contributed by atoms with E-state index in [9.17, 15) is 4.79 Å². The molecule has 1 aromatic heterocycles. The molecule has 1 aliphatic carbocycles. The van der Waals surface area contributed by atoms with Gasteiger partial charge in [0.2, 0.25) is 0 Å². The van der Waals surface area contributed by atoms with E-state index in [1.165, 1.54) is 17.5 Å². The van der Waals surface area contributed by atoms with Crippen LogP contribution in [-0.2, 0) is 12.8 Å². The van der Waals surface area contributed by atoms with E-state index in [0.29, 0.717) is 5.56 Å². The first-order chi connectivity index (χ1) is 10.8. The van der Waals surface area contributed by atoms with Crippen LogP contribution < -0.4 is 5.32 Å². The summed E-state index contributed by atoms with van der Waals surface area (Å²) in [6, 6.07) is 15.7. The fraction of sp³-hybridized carbons (Fsp3) is 0.158. The second-order valence-electron chi connectivity index (χ2n) is 5.67. The van der Waals surface area contributed by atoms with Gasteiger partial charge in [-0.3, -0.25) is 9.78 Å². The number of fused-ring (bicyclic) bond motifs is 2. The molecular formula is C19H16N2O. The summed E-state index contributed by atoms with van der Waals surface area (Å²) in [5.41, 5.74) is 4.97. The zero-order chi connectivity index (χ0) is 14.9. The number of anilines is 1. The van der Waals surface area contributed by atoms with Crippen molar-refractivity contribution in [1.29, 1.82) is 0 Å². The molecule has 1 N–H and O–H groups in total. The van der Waals surface area contributed by atoms with Gasteiger partial charge in [-0.25, -0.2) is 0 Å². The van der Waals surface area contributed by atoms with E-state index in [1.54, 1.807) is 6.20 Å². The van der Waals surface area contributed by atoms with Crippen LogP contribution in [0.5, 0.6) is 0 Å². The van der Waals surface area contributed by atoms with E-state index in [1.807, 2.05) is 36.4 Å². The van der Waals surface area contributed by atoms with Crippen LogP contribution in [0, 0.1) is 0 Å². The third kappa shape index (κ3) is 2.25. The van der Waals surface area contributed by atoms with Crippen molar-refractivity contribution in [2.75, 3.05) is 5.32 Å². The quantitative estimate of drug-likeness (QED) is 0.775. The highest BCUT2D eigenvalue weighted by Gasteiger charge is 2.14. The Hall–Kier alpha value is -2.68. The normalized spacial score (nSPS) is 13.1. The van der Waals surface area contributed by atoms with Crippen molar-refractivity contribution in [2.45, 2.75) is 19.3 Å². The monoisotopic (exact) mass is 288 g/mol. The molecule has 1 amide bonds. The average Bonchev–Trinajstić information content (AvgIpc) is 3.02. The second kappa shape index (κ2) is 5.26. The van der Waals surface area contributed by atoms with Gasteiger partial charge in [-0.1, -0.05) is 24.3 Å². The molecule has 3 nitrogen and oxygen atoms in total. The molecule has 0 unspecified atom stereocenters. The first-order valence-corrected chi connectivity index (χ1v) is 7.58. The Balaban J connectivity index is 1.66. The van der Waals surface area contributed by atoms with Gasteiger partial charge in [0, 0.05) is 17.3 Å². The lowest BCUT2D eigenvalue weighted by atomic mass is 10.1. The first kappa shape index (κ1) is 13.0. The maximum absolute atomic E-state index is 12.6. The predicted octanol–water partition coefficient (Wildman–Crippen LogP) is 3.98. The number of carbonyl (C=O) groups is 1. The Bertz CT molecular complexity index is 865. The smallest absolute Gasteiger partial charge is 0.257 e. The topological polar surface area (TPSA) is 42.0 Å². The fourth-order valence-corrected chi connectivity index (χ4v) is 3.14. The highest BCUT2D eigenvalue weighted by molar-refractivity contribution is 6.11. The van der Waals surface area contributed by atoms with Crippen LogP contribution >= 0.6 is 0 Å². The van der Waals surface area contributed by atoms with E-state index < -0.39 is 0 Å². The fourth-order valence-electron chi connectivity index (χ4n) is 3.14. The maximum atomic E-state index is 12.6. The number of hydrogen-bond donors (Lipinski definition) is 1. The summed E-state index contributed by atoms with van der Waals surface area (Å²) in [5.74, 6) is -0.109. The minimum atomic E-state index is -0.109. The SMILES string of the molecule is O=C(Nc1ccc2c(c1)CCC2)c1cccc2cccnc12. The molecule has 3 heteroatoms. The molecule has 22 heavy (non-hydrogen) atoms. The van der Waals surface area contributed by atoms with Gasteiger partial charge in [0.25, 0.3) is 5.91 Å². The van der Waals surface area contributed by atoms with E-state index in [2.05, 4.69) is 22.4 Å². The molecule has 3 aromatic rings. The van der Waals surface area contributed by atoms with Crippen molar-refractivity contribution in [3.8, 4) is 0 Å². The Morgan fingerprint density at radius 1 is 1.00 bits per heavy atom. The largest absolute Gasteiger partial charge is 0.322 e. The number of nitrogens with one attached hydrogen (secondary N) is 1. The Labute approximate surface area is 129 Å². The standard InChI is InChI=1S/C19H16N2O/c22-19(17-8-2-5-14-7-3-11-20-18(14)17)21-16-10-9-13-4-1-6-15(13)12-16/h2-3,5,7-12H,1,4,6H2,(H,21,22). The number of aromatic nitrogens is 1. The molecule has 4 rings (SSSR count). The summed E-state index contributed by atoms with van der Waals surface area (Å²) >= 11 is 0. The molecule has 0 bridgehead atoms. The number of carbonyl (C=O) groups excluding carboxylic acids is 1. The molecule has 1 heterocycles. The number of hydrogen-bond acceptors (Lipinski definition) is 2. The van der Waals surface area contributed by atoms with Crippen molar-refractivity contribution < 1.29 is 4.79 Å². The second-order valence-corrected chi connectivity index (χ2v) is 5.67. The summed E-state index contributed by atoms with van der Waals surface area (Å²) < 4.78 is 0. The number of para-hydroxylation sites is 1. The van der Waals surface area contributed by atoms with Crippen molar-refractivity contribution in [3.63, 3.8) is 0 Å². The van der Waals surface area contributed by atoms with Crippen molar-refractivity contribution in [2.24, 2.45) is 0 Å². The first-order valence-electron chi connectivity index (χ1n) is 7.58. The molecule has 0 saturated carbocycles. The third-order valence-electron chi connectivity index (χ3n) is 4.23. The third-order valence-corrected chi connectivity index (χ3v) is 4.23. The minimum Gasteiger partial charge on any atom is -0.322 e. The highest BCUT2D eigenvalue weighted by Crippen LogP contribution is 2.25. The van der Waals surface area contributed by atoms with Gasteiger partial charge in [0.05, 0.1) is 11.1 Å². The van der Waals surface area contributed by atoms with Crippen LogP contribution in [0.3, 0.4) is 0 Å². The molecule has 1 aliphatic rings. The van der Waals surface area contributed by atoms with Crippen molar-refractivity contribution in [3.05, 3.63) is 71.4 Å². The van der Waals surface area contributed by atoms with Crippen LogP contribution in [0.4, 0.5) is 5.69 Å². The van der Waals surface area contributed by atoms with Crippen molar-refractivity contribution >= 4 is 22.5 Å². The molecule has 108 valence electrons. The number of amides is 1. The van der Waals surface area contributed by atoms with E-state index >= 15 is 0 Å². The molecule has 2 aromatic carbocycles. The average molecular weight is 288 g/mol. The molecule has 0 fully saturated rings. The zero-order valence-electron chi connectivity index (χ0n) is 12.2. The van der Waals surface area contributed by atoms with E-state index in [4.69, 9.17) is 0 Å². The number of rotatable bonds is 2. The number of pyridine rings is 1. The summed E-state index contributed by atoms with van der Waals surface area (Å²) in [6.45, 7) is 0. The molecule has 0 aliphatic heterocycles.